The molecule has 0 unspecified atom stereocenters. The Hall–Kier alpha value is -1.88. The first kappa shape index (κ1) is 28.9. The highest BCUT2D eigenvalue weighted by atomic mass is 127. The Balaban J connectivity index is 1.26. The second-order valence-electron chi connectivity index (χ2n) is 12.5. The van der Waals surface area contributed by atoms with Crippen LogP contribution in [0.2, 0.25) is 0 Å². The van der Waals surface area contributed by atoms with Crippen LogP contribution in [0.5, 0.6) is 0 Å². The van der Waals surface area contributed by atoms with Crippen LogP contribution in [0.1, 0.15) is 44.6 Å². The number of halogens is 1. The van der Waals surface area contributed by atoms with E-state index < -0.39 is 71.6 Å². The molecule has 8 atom stereocenters. The van der Waals surface area contributed by atoms with Crippen molar-refractivity contribution in [2.75, 3.05) is 13.2 Å². The fourth-order valence-electron chi connectivity index (χ4n) is 7.45. The number of esters is 1. The lowest BCUT2D eigenvalue weighted by molar-refractivity contribution is -0.235. The maximum absolute atomic E-state index is 14.5. The molecule has 1 aromatic rings. The van der Waals surface area contributed by atoms with Crippen molar-refractivity contribution >= 4 is 40.4 Å². The smallest absolute Gasteiger partial charge is 0.327 e. The summed E-state index contributed by atoms with van der Waals surface area (Å²) in [7, 11) is 0. The zero-order valence-corrected chi connectivity index (χ0v) is 25.4. The second-order valence-corrected chi connectivity index (χ2v) is 13.7. The molecular weight excluding hydrogens is 661 g/mol. The molecule has 3 saturated heterocycles. The summed E-state index contributed by atoms with van der Waals surface area (Å²) < 4.78 is 20.6. The van der Waals surface area contributed by atoms with Crippen molar-refractivity contribution in [2.24, 2.45) is 17.3 Å². The van der Waals surface area contributed by atoms with Gasteiger partial charge in [-0.2, -0.15) is 5.06 Å². The number of hydrogen-bond donors (Lipinski definition) is 4. The first-order valence-corrected chi connectivity index (χ1v) is 15.9. The highest BCUT2D eigenvalue weighted by molar-refractivity contribution is 14.1. The van der Waals surface area contributed by atoms with Crippen LogP contribution < -0.4 is 10.6 Å². The molecule has 0 radical (unpaired) electrons. The first-order valence-electron chi connectivity index (χ1n) is 14.8. The van der Waals surface area contributed by atoms with Crippen LogP contribution in [0.15, 0.2) is 24.3 Å². The van der Waals surface area contributed by atoms with E-state index in [1.807, 2.05) is 24.3 Å². The van der Waals surface area contributed by atoms with E-state index in [1.165, 1.54) is 12.0 Å². The molecule has 2 amide bonds. The van der Waals surface area contributed by atoms with Crippen molar-refractivity contribution in [2.45, 2.75) is 94.0 Å². The SMILES string of the molecule is C[C@H](O)[C@@H](NC(=O)[C@@]12C[C@H]3OC(=O)[C@@H]1N(Cc1cccc(I)c1)O[C@@H]2[C@H]1OC(C2CC2)(C2CC2)O[C@H]13)C(=O)NCCO. The molecule has 0 spiro atoms. The minimum atomic E-state index is -1.46. The number of amides is 2. The van der Waals surface area contributed by atoms with Gasteiger partial charge >= 0.3 is 5.97 Å². The summed E-state index contributed by atoms with van der Waals surface area (Å²) in [5.41, 5.74) is -0.568. The molecule has 228 valence electrons. The molecule has 7 rings (SSSR count). The summed E-state index contributed by atoms with van der Waals surface area (Å²) in [5.74, 6) is -2.09. The summed E-state index contributed by atoms with van der Waals surface area (Å²) >= 11 is 2.22. The van der Waals surface area contributed by atoms with E-state index in [0.717, 1.165) is 34.8 Å². The summed E-state index contributed by atoms with van der Waals surface area (Å²) in [4.78, 5) is 47.7. The van der Waals surface area contributed by atoms with Gasteiger partial charge in [0.2, 0.25) is 11.8 Å². The molecule has 3 saturated carbocycles. The molecule has 3 heterocycles. The third-order valence-electron chi connectivity index (χ3n) is 9.60. The normalized spacial score (nSPS) is 36.1. The van der Waals surface area contributed by atoms with Gasteiger partial charge in [0.25, 0.3) is 0 Å². The van der Waals surface area contributed by atoms with Gasteiger partial charge in [0.1, 0.15) is 35.9 Å². The molecule has 2 bridgehead atoms. The fourth-order valence-corrected chi connectivity index (χ4v) is 8.06. The van der Waals surface area contributed by atoms with Crippen molar-refractivity contribution in [3.63, 3.8) is 0 Å². The van der Waals surface area contributed by atoms with Crippen molar-refractivity contribution in [3.05, 3.63) is 33.4 Å². The molecule has 3 aliphatic carbocycles. The molecule has 3 aliphatic heterocycles. The average Bonchev–Trinajstić information content (AvgIpc) is 3.89. The lowest BCUT2D eigenvalue weighted by Crippen LogP contribution is -2.71. The van der Waals surface area contributed by atoms with Crippen LogP contribution in [0.25, 0.3) is 0 Å². The van der Waals surface area contributed by atoms with Crippen LogP contribution >= 0.6 is 22.6 Å². The van der Waals surface area contributed by atoms with Crippen LogP contribution in [0, 0.1) is 20.8 Å². The summed E-state index contributed by atoms with van der Waals surface area (Å²) in [6, 6.07) is 5.37. The van der Waals surface area contributed by atoms with Crippen molar-refractivity contribution in [3.8, 4) is 0 Å². The van der Waals surface area contributed by atoms with Gasteiger partial charge in [0.05, 0.1) is 19.3 Å². The quantitative estimate of drug-likeness (QED) is 0.199. The molecule has 6 aliphatic rings. The third-order valence-corrected chi connectivity index (χ3v) is 10.3. The molecule has 1 aromatic carbocycles. The maximum Gasteiger partial charge on any atom is 0.327 e. The number of nitrogens with zero attached hydrogens (tertiary/aromatic N) is 1. The number of benzene rings is 1. The number of aliphatic hydroxyl groups is 2. The summed E-state index contributed by atoms with van der Waals surface area (Å²) in [5, 5.41) is 26.4. The lowest BCUT2D eigenvalue weighted by Gasteiger charge is -2.49. The zero-order chi connectivity index (χ0) is 29.4. The Morgan fingerprint density at radius 3 is 2.52 bits per heavy atom. The van der Waals surface area contributed by atoms with Crippen LogP contribution in [-0.2, 0) is 40.0 Å². The minimum absolute atomic E-state index is 0.0329. The van der Waals surface area contributed by atoms with E-state index in [1.54, 1.807) is 0 Å². The lowest BCUT2D eigenvalue weighted by atomic mass is 9.62. The van der Waals surface area contributed by atoms with E-state index in [4.69, 9.17) is 24.2 Å². The molecule has 6 fully saturated rings. The van der Waals surface area contributed by atoms with Gasteiger partial charge < -0.3 is 35.1 Å². The number of nitrogens with one attached hydrogen (secondary N) is 2. The fraction of sp³-hybridized carbons (Fsp3) is 0.690. The molecular formula is C29H36IN3O9. The third kappa shape index (κ3) is 4.58. The van der Waals surface area contributed by atoms with Gasteiger partial charge in [-0.1, -0.05) is 12.1 Å². The van der Waals surface area contributed by atoms with Crippen LogP contribution in [-0.4, -0.2) is 94.6 Å². The van der Waals surface area contributed by atoms with Gasteiger partial charge in [0, 0.05) is 28.4 Å². The molecule has 12 nitrogen and oxygen atoms in total. The van der Waals surface area contributed by atoms with Crippen LogP contribution in [0.3, 0.4) is 0 Å². The first-order chi connectivity index (χ1) is 20.2. The zero-order valence-electron chi connectivity index (χ0n) is 23.2. The highest BCUT2D eigenvalue weighted by Gasteiger charge is 2.78. The Bertz CT molecular complexity index is 1260. The van der Waals surface area contributed by atoms with Gasteiger partial charge in [-0.05, 0) is 72.9 Å². The van der Waals surface area contributed by atoms with Gasteiger partial charge in [-0.15, -0.1) is 0 Å². The van der Waals surface area contributed by atoms with Crippen LogP contribution in [0.4, 0.5) is 0 Å². The van der Waals surface area contributed by atoms with E-state index in [-0.39, 0.29) is 38.0 Å². The Labute approximate surface area is 256 Å². The topological polar surface area (TPSA) is 156 Å². The van der Waals surface area contributed by atoms with E-state index in [2.05, 4.69) is 33.2 Å². The summed E-state index contributed by atoms with van der Waals surface area (Å²) in [6.07, 6.45) is 0.0233. The minimum Gasteiger partial charge on any atom is -0.458 e. The standard InChI is InChI=1S/C29H36IN3O9/c1-14(35)20(25(36)31-9-10-34)32-27(38)28-12-19-21-22(41-29(40-21,16-5-6-16)17-7-8-17)24(28)42-33(23(28)26(37)39-19)13-15-3-2-4-18(30)11-15/h2-4,11,14,16-17,19-24,34-35H,5-10,12-13H2,1H3,(H,31,36)(H,32,38)/t14-,19+,20+,21-,22-,23-,24+,28-/m0/s1. The molecule has 4 N–H and O–H groups in total. The highest BCUT2D eigenvalue weighted by Crippen LogP contribution is 2.63. The Kier molecular flexibility index (Phi) is 7.31. The van der Waals surface area contributed by atoms with E-state index in [9.17, 15) is 19.5 Å². The van der Waals surface area contributed by atoms with E-state index in [0.29, 0.717) is 0 Å². The monoisotopic (exact) mass is 697 g/mol. The molecule has 13 heteroatoms. The number of hydrogen-bond acceptors (Lipinski definition) is 10. The number of aliphatic hydroxyl groups excluding tert-OH is 2. The number of rotatable bonds is 10. The van der Waals surface area contributed by atoms with Crippen molar-refractivity contribution in [1.82, 2.24) is 15.7 Å². The predicted molar refractivity (Wildman–Crippen MR) is 152 cm³/mol. The Morgan fingerprint density at radius 2 is 1.88 bits per heavy atom. The van der Waals surface area contributed by atoms with Gasteiger partial charge in [-0.25, -0.2) is 0 Å². The molecule has 42 heavy (non-hydrogen) atoms. The molecule has 0 aromatic heterocycles. The van der Waals surface area contributed by atoms with Crippen molar-refractivity contribution in [1.29, 1.82) is 0 Å². The maximum atomic E-state index is 14.5. The number of carbonyl (C=O) groups excluding carboxylic acids is 3. The number of carbonyl (C=O) groups is 3. The average molecular weight is 698 g/mol. The van der Waals surface area contributed by atoms with Crippen molar-refractivity contribution < 1.29 is 43.6 Å². The largest absolute Gasteiger partial charge is 0.458 e. The number of fused-ring (bicyclic) bond motifs is 4. The number of hydroxylamine groups is 2. The van der Waals surface area contributed by atoms with E-state index >= 15 is 0 Å². The van der Waals surface area contributed by atoms with Gasteiger partial charge in [-0.3, -0.25) is 19.2 Å². The van der Waals surface area contributed by atoms with Gasteiger partial charge in [0.15, 0.2) is 11.8 Å². The predicted octanol–water partition coefficient (Wildman–Crippen LogP) is 0.366. The second kappa shape index (κ2) is 10.6. The Morgan fingerprint density at radius 1 is 1.17 bits per heavy atom. The number of ether oxygens (including phenoxy) is 3. The summed E-state index contributed by atoms with van der Waals surface area (Å²) in [6.45, 7) is 1.30.